The zero-order valence-corrected chi connectivity index (χ0v) is 13.1. The fourth-order valence-corrected chi connectivity index (χ4v) is 4.41. The molecule has 1 amide bonds. The van der Waals surface area contributed by atoms with Gasteiger partial charge in [-0.25, -0.2) is 0 Å². The number of esters is 1. The molecule has 0 radical (unpaired) electrons. The second kappa shape index (κ2) is 5.72. The Morgan fingerprint density at radius 1 is 1.29 bits per heavy atom. The fourth-order valence-electron chi connectivity index (χ4n) is 3.13. The van der Waals surface area contributed by atoms with Gasteiger partial charge < -0.3 is 9.64 Å². The smallest absolute Gasteiger partial charge is 0.310 e. The highest BCUT2D eigenvalue weighted by atomic mass is 32.2. The molecule has 0 spiro atoms. The van der Waals surface area contributed by atoms with E-state index in [1.54, 1.807) is 11.8 Å². The molecule has 5 heteroatoms. The number of likely N-dealkylation sites (tertiary alicyclic amines) is 1. The normalized spacial score (nSPS) is 27.5. The minimum Gasteiger partial charge on any atom is -0.469 e. The maximum Gasteiger partial charge on any atom is 0.310 e. The second-order valence-electron chi connectivity index (χ2n) is 5.77. The first kappa shape index (κ1) is 14.4. The van der Waals surface area contributed by atoms with E-state index in [4.69, 9.17) is 4.74 Å². The summed E-state index contributed by atoms with van der Waals surface area (Å²) < 4.78 is 4.83. The van der Waals surface area contributed by atoms with Gasteiger partial charge >= 0.3 is 5.97 Å². The van der Waals surface area contributed by atoms with Crippen LogP contribution in [-0.4, -0.2) is 42.2 Å². The van der Waals surface area contributed by atoms with E-state index >= 15 is 0 Å². The zero-order chi connectivity index (χ0) is 15.0. The Morgan fingerprint density at radius 3 is 2.76 bits per heavy atom. The van der Waals surface area contributed by atoms with Crippen LogP contribution in [0.2, 0.25) is 0 Å². The predicted molar refractivity (Wildman–Crippen MR) is 81.0 cm³/mol. The summed E-state index contributed by atoms with van der Waals surface area (Å²) in [5.74, 6) is -0.0856. The van der Waals surface area contributed by atoms with Crippen molar-refractivity contribution >= 4 is 23.6 Å². The molecule has 2 aliphatic heterocycles. The number of fused-ring (bicyclic) bond motifs is 1. The standard InChI is InChI=1S/C16H19NO3S/c1-10-8-17(9-12(10)16(19)20-2)15(18)14-7-11-5-3-4-6-13(11)21-14/h3-6,10,12,14H,7-9H2,1-2H3. The van der Waals surface area contributed by atoms with Gasteiger partial charge in [-0.1, -0.05) is 25.1 Å². The van der Waals surface area contributed by atoms with Gasteiger partial charge in [0.2, 0.25) is 5.91 Å². The van der Waals surface area contributed by atoms with Crippen molar-refractivity contribution in [3.63, 3.8) is 0 Å². The number of ether oxygens (including phenoxy) is 1. The summed E-state index contributed by atoms with van der Waals surface area (Å²) in [6, 6.07) is 8.16. The molecule has 21 heavy (non-hydrogen) atoms. The maximum atomic E-state index is 12.7. The van der Waals surface area contributed by atoms with Crippen LogP contribution in [0.15, 0.2) is 29.2 Å². The molecular weight excluding hydrogens is 286 g/mol. The number of benzene rings is 1. The average molecular weight is 305 g/mol. The van der Waals surface area contributed by atoms with Crippen LogP contribution in [0.4, 0.5) is 0 Å². The molecule has 0 N–H and O–H groups in total. The number of hydrogen-bond donors (Lipinski definition) is 0. The Bertz CT molecular complexity index is 549. The van der Waals surface area contributed by atoms with Gasteiger partial charge in [0.25, 0.3) is 0 Å². The fraction of sp³-hybridized carbons (Fsp3) is 0.500. The molecule has 2 aliphatic rings. The van der Waals surface area contributed by atoms with Gasteiger partial charge in [-0.15, -0.1) is 11.8 Å². The summed E-state index contributed by atoms with van der Waals surface area (Å²) in [6.07, 6.45) is 0.785. The van der Waals surface area contributed by atoms with Crippen LogP contribution in [0.3, 0.4) is 0 Å². The van der Waals surface area contributed by atoms with Crippen molar-refractivity contribution in [2.24, 2.45) is 11.8 Å². The Balaban J connectivity index is 1.67. The van der Waals surface area contributed by atoms with E-state index in [0.717, 1.165) is 6.42 Å². The quantitative estimate of drug-likeness (QED) is 0.784. The lowest BCUT2D eigenvalue weighted by molar-refractivity contribution is -0.146. The summed E-state index contributed by atoms with van der Waals surface area (Å²) in [7, 11) is 1.41. The molecule has 0 saturated carbocycles. The number of carbonyl (C=O) groups is 2. The summed E-state index contributed by atoms with van der Waals surface area (Å²) in [4.78, 5) is 27.4. The molecule has 1 saturated heterocycles. The number of hydrogen-bond acceptors (Lipinski definition) is 4. The van der Waals surface area contributed by atoms with Crippen molar-refractivity contribution in [3.05, 3.63) is 29.8 Å². The van der Waals surface area contributed by atoms with Gasteiger partial charge in [0.05, 0.1) is 18.3 Å². The molecule has 4 nitrogen and oxygen atoms in total. The van der Waals surface area contributed by atoms with Crippen molar-refractivity contribution in [2.75, 3.05) is 20.2 Å². The molecule has 2 heterocycles. The third kappa shape index (κ3) is 2.67. The molecule has 1 aromatic carbocycles. The summed E-state index contributed by atoms with van der Waals surface area (Å²) >= 11 is 1.64. The van der Waals surface area contributed by atoms with Crippen LogP contribution in [0, 0.1) is 11.8 Å². The lowest BCUT2D eigenvalue weighted by Crippen LogP contribution is -2.36. The van der Waals surface area contributed by atoms with Gasteiger partial charge in [-0.2, -0.15) is 0 Å². The van der Waals surface area contributed by atoms with Crippen molar-refractivity contribution in [1.29, 1.82) is 0 Å². The van der Waals surface area contributed by atoms with E-state index in [1.165, 1.54) is 17.6 Å². The molecule has 112 valence electrons. The Labute approximate surface area is 128 Å². The van der Waals surface area contributed by atoms with Gasteiger partial charge in [0, 0.05) is 18.0 Å². The third-order valence-electron chi connectivity index (χ3n) is 4.35. The van der Waals surface area contributed by atoms with Crippen molar-refractivity contribution in [1.82, 2.24) is 4.90 Å². The minimum atomic E-state index is -0.208. The first-order chi connectivity index (χ1) is 10.1. The van der Waals surface area contributed by atoms with Gasteiger partial charge in [0.15, 0.2) is 0 Å². The maximum absolute atomic E-state index is 12.7. The Hall–Kier alpha value is -1.49. The number of thioether (sulfide) groups is 1. The van der Waals surface area contributed by atoms with Gasteiger partial charge in [0.1, 0.15) is 0 Å². The second-order valence-corrected chi connectivity index (χ2v) is 7.01. The number of methoxy groups -OCH3 is 1. The molecule has 3 rings (SSSR count). The highest BCUT2D eigenvalue weighted by molar-refractivity contribution is 8.01. The third-order valence-corrected chi connectivity index (χ3v) is 5.66. The molecule has 3 atom stereocenters. The van der Waals surface area contributed by atoms with Crippen LogP contribution in [0.25, 0.3) is 0 Å². The number of rotatable bonds is 2. The number of nitrogens with zero attached hydrogens (tertiary/aromatic N) is 1. The predicted octanol–water partition coefficient (Wildman–Crippen LogP) is 1.97. The highest BCUT2D eigenvalue weighted by Gasteiger charge is 2.40. The average Bonchev–Trinajstić information content (AvgIpc) is 3.09. The summed E-state index contributed by atoms with van der Waals surface area (Å²) in [5, 5.41) is -0.0500. The van der Waals surface area contributed by atoms with E-state index in [2.05, 4.69) is 12.1 Å². The molecule has 3 unspecified atom stereocenters. The number of carbonyl (C=O) groups excluding carboxylic acids is 2. The van der Waals surface area contributed by atoms with E-state index in [9.17, 15) is 9.59 Å². The lowest BCUT2D eigenvalue weighted by Gasteiger charge is -2.19. The van der Waals surface area contributed by atoms with Gasteiger partial charge in [-0.05, 0) is 24.0 Å². The largest absolute Gasteiger partial charge is 0.469 e. The van der Waals surface area contributed by atoms with E-state index in [-0.39, 0.29) is 29.0 Å². The molecule has 0 aliphatic carbocycles. The van der Waals surface area contributed by atoms with Gasteiger partial charge in [-0.3, -0.25) is 9.59 Å². The number of amides is 1. The highest BCUT2D eigenvalue weighted by Crippen LogP contribution is 2.38. The first-order valence-electron chi connectivity index (χ1n) is 7.21. The van der Waals surface area contributed by atoms with E-state index in [1.807, 2.05) is 24.0 Å². The van der Waals surface area contributed by atoms with Crippen LogP contribution in [0.5, 0.6) is 0 Å². The van der Waals surface area contributed by atoms with Crippen LogP contribution in [0.1, 0.15) is 12.5 Å². The minimum absolute atomic E-state index is 0.0500. The Kier molecular flexibility index (Phi) is 3.93. The van der Waals surface area contributed by atoms with Crippen molar-refractivity contribution in [2.45, 2.75) is 23.5 Å². The van der Waals surface area contributed by atoms with Crippen LogP contribution >= 0.6 is 11.8 Å². The monoisotopic (exact) mass is 305 g/mol. The topological polar surface area (TPSA) is 46.6 Å². The van der Waals surface area contributed by atoms with E-state index in [0.29, 0.717) is 13.1 Å². The molecule has 1 aromatic rings. The summed E-state index contributed by atoms with van der Waals surface area (Å²) in [5.41, 5.74) is 1.25. The molecule has 1 fully saturated rings. The van der Waals surface area contributed by atoms with Crippen LogP contribution in [-0.2, 0) is 20.7 Å². The Morgan fingerprint density at radius 2 is 2.05 bits per heavy atom. The SMILES string of the molecule is COC(=O)C1CN(C(=O)C2Cc3ccccc3S2)CC1C. The molecule has 0 bridgehead atoms. The van der Waals surface area contributed by atoms with Crippen molar-refractivity contribution < 1.29 is 14.3 Å². The molecule has 0 aromatic heterocycles. The molecular formula is C16H19NO3S. The van der Waals surface area contributed by atoms with Crippen molar-refractivity contribution in [3.8, 4) is 0 Å². The van der Waals surface area contributed by atoms with Crippen LogP contribution < -0.4 is 0 Å². The lowest BCUT2D eigenvalue weighted by atomic mass is 9.99. The zero-order valence-electron chi connectivity index (χ0n) is 12.2. The van der Waals surface area contributed by atoms with E-state index < -0.39 is 0 Å². The first-order valence-corrected chi connectivity index (χ1v) is 8.09. The summed E-state index contributed by atoms with van der Waals surface area (Å²) in [6.45, 7) is 3.14.